The first kappa shape index (κ1) is 11.9. The molecule has 0 bridgehead atoms. The maximum Gasteiger partial charge on any atom is 0.250 e. The lowest BCUT2D eigenvalue weighted by atomic mass is 9.77. The first-order chi connectivity index (χ1) is 8.66. The summed E-state index contributed by atoms with van der Waals surface area (Å²) in [5, 5.41) is 3.94. The molecule has 1 aliphatic carbocycles. The van der Waals surface area contributed by atoms with E-state index in [1.54, 1.807) is 6.08 Å². The highest BCUT2D eigenvalue weighted by atomic mass is 35.5. The summed E-state index contributed by atoms with van der Waals surface area (Å²) in [7, 11) is 0. The molecule has 0 saturated heterocycles. The Kier molecular flexibility index (Phi) is 2.97. The van der Waals surface area contributed by atoms with Gasteiger partial charge in [0.25, 0.3) is 5.89 Å². The SMILES string of the molecule is NC1(c2noc(/C=C/c3ccc(Cl)s3)n2)CCC1. The van der Waals surface area contributed by atoms with Gasteiger partial charge in [0.15, 0.2) is 5.82 Å². The van der Waals surface area contributed by atoms with Crippen molar-refractivity contribution in [1.29, 1.82) is 0 Å². The van der Waals surface area contributed by atoms with Crippen LogP contribution < -0.4 is 5.73 Å². The smallest absolute Gasteiger partial charge is 0.250 e. The lowest BCUT2D eigenvalue weighted by Crippen LogP contribution is -2.44. The van der Waals surface area contributed by atoms with Crippen LogP contribution in [0.15, 0.2) is 16.7 Å². The third-order valence-electron chi connectivity index (χ3n) is 3.12. The van der Waals surface area contributed by atoms with E-state index in [0.29, 0.717) is 11.7 Å². The summed E-state index contributed by atoms with van der Waals surface area (Å²) in [6.45, 7) is 0. The Morgan fingerprint density at radius 2 is 2.22 bits per heavy atom. The van der Waals surface area contributed by atoms with E-state index in [4.69, 9.17) is 21.9 Å². The van der Waals surface area contributed by atoms with Gasteiger partial charge in [-0.2, -0.15) is 4.98 Å². The molecule has 94 valence electrons. The number of nitrogens with zero attached hydrogens (tertiary/aromatic N) is 2. The minimum absolute atomic E-state index is 0.373. The fraction of sp³-hybridized carbons (Fsp3) is 0.333. The number of hydrogen-bond acceptors (Lipinski definition) is 5. The Morgan fingerprint density at radius 1 is 1.39 bits per heavy atom. The maximum atomic E-state index is 6.12. The third-order valence-corrected chi connectivity index (χ3v) is 4.31. The topological polar surface area (TPSA) is 64.9 Å². The Morgan fingerprint density at radius 3 is 2.83 bits per heavy atom. The molecule has 0 atom stereocenters. The van der Waals surface area contributed by atoms with Crippen molar-refractivity contribution >= 4 is 35.1 Å². The average Bonchev–Trinajstić information content (AvgIpc) is 2.92. The fourth-order valence-corrected chi connectivity index (χ4v) is 2.82. The highest BCUT2D eigenvalue weighted by Crippen LogP contribution is 2.36. The average molecular weight is 282 g/mol. The van der Waals surface area contributed by atoms with E-state index in [0.717, 1.165) is 28.5 Å². The lowest BCUT2D eigenvalue weighted by molar-refractivity contribution is 0.229. The second-order valence-electron chi connectivity index (χ2n) is 4.44. The van der Waals surface area contributed by atoms with E-state index in [2.05, 4.69) is 10.1 Å². The summed E-state index contributed by atoms with van der Waals surface area (Å²) in [5.74, 6) is 1.09. The number of thiophene rings is 1. The van der Waals surface area contributed by atoms with Crippen LogP contribution >= 0.6 is 22.9 Å². The van der Waals surface area contributed by atoms with Gasteiger partial charge in [-0.15, -0.1) is 11.3 Å². The Bertz CT molecular complexity index is 586. The minimum atomic E-state index is -0.373. The van der Waals surface area contributed by atoms with Crippen molar-refractivity contribution in [2.45, 2.75) is 24.8 Å². The van der Waals surface area contributed by atoms with Gasteiger partial charge in [-0.25, -0.2) is 0 Å². The van der Waals surface area contributed by atoms with Crippen molar-refractivity contribution < 1.29 is 4.52 Å². The summed E-state index contributed by atoms with van der Waals surface area (Å²) in [4.78, 5) is 5.36. The second kappa shape index (κ2) is 4.50. The van der Waals surface area contributed by atoms with Gasteiger partial charge in [-0.3, -0.25) is 0 Å². The molecule has 0 aliphatic heterocycles. The van der Waals surface area contributed by atoms with E-state index in [9.17, 15) is 0 Å². The summed E-state index contributed by atoms with van der Waals surface area (Å²) in [6, 6.07) is 3.80. The number of aromatic nitrogens is 2. The van der Waals surface area contributed by atoms with E-state index >= 15 is 0 Å². The quantitative estimate of drug-likeness (QED) is 0.937. The molecule has 1 fully saturated rings. The van der Waals surface area contributed by atoms with E-state index < -0.39 is 0 Å². The Labute approximate surface area is 113 Å². The van der Waals surface area contributed by atoms with Crippen molar-refractivity contribution in [1.82, 2.24) is 10.1 Å². The monoisotopic (exact) mass is 281 g/mol. The van der Waals surface area contributed by atoms with Gasteiger partial charge in [0.1, 0.15) is 0 Å². The zero-order chi connectivity index (χ0) is 12.6. The molecule has 2 heterocycles. The Hall–Kier alpha value is -1.17. The molecule has 3 rings (SSSR count). The van der Waals surface area contributed by atoms with Gasteiger partial charge in [-0.05, 0) is 37.5 Å². The summed E-state index contributed by atoms with van der Waals surface area (Å²) in [5.41, 5.74) is 5.75. The molecule has 1 saturated carbocycles. The highest BCUT2D eigenvalue weighted by molar-refractivity contribution is 7.17. The maximum absolute atomic E-state index is 6.12. The van der Waals surface area contributed by atoms with Crippen LogP contribution in [0.5, 0.6) is 0 Å². The number of nitrogens with two attached hydrogens (primary N) is 1. The Balaban J connectivity index is 1.75. The fourth-order valence-electron chi connectivity index (χ4n) is 1.86. The molecule has 18 heavy (non-hydrogen) atoms. The van der Waals surface area contributed by atoms with Gasteiger partial charge in [0, 0.05) is 11.0 Å². The molecule has 0 aromatic carbocycles. The van der Waals surface area contributed by atoms with Crippen molar-refractivity contribution in [3.63, 3.8) is 0 Å². The molecular formula is C12H12ClN3OS. The van der Waals surface area contributed by atoms with Crippen LogP contribution in [0.4, 0.5) is 0 Å². The summed E-state index contributed by atoms with van der Waals surface area (Å²) < 4.78 is 5.92. The molecule has 4 nitrogen and oxygen atoms in total. The van der Waals surface area contributed by atoms with E-state index in [1.807, 2.05) is 18.2 Å². The summed E-state index contributed by atoms with van der Waals surface area (Å²) >= 11 is 7.35. The van der Waals surface area contributed by atoms with Crippen molar-refractivity contribution in [3.8, 4) is 0 Å². The normalized spacial score (nSPS) is 18.1. The summed E-state index contributed by atoms with van der Waals surface area (Å²) in [6.07, 6.45) is 6.66. The molecule has 2 aromatic heterocycles. The van der Waals surface area contributed by atoms with Crippen LogP contribution in [0.2, 0.25) is 4.34 Å². The van der Waals surface area contributed by atoms with Crippen LogP contribution in [-0.2, 0) is 5.54 Å². The van der Waals surface area contributed by atoms with E-state index in [-0.39, 0.29) is 5.54 Å². The minimum Gasteiger partial charge on any atom is -0.335 e. The predicted molar refractivity (Wildman–Crippen MR) is 72.3 cm³/mol. The van der Waals surface area contributed by atoms with Crippen molar-refractivity contribution in [2.24, 2.45) is 5.73 Å². The zero-order valence-electron chi connectivity index (χ0n) is 9.60. The molecule has 6 heteroatoms. The zero-order valence-corrected chi connectivity index (χ0v) is 11.2. The van der Waals surface area contributed by atoms with Crippen LogP contribution in [0, 0.1) is 0 Å². The third kappa shape index (κ3) is 2.21. The van der Waals surface area contributed by atoms with Crippen LogP contribution in [0.1, 0.15) is 35.9 Å². The number of rotatable bonds is 3. The van der Waals surface area contributed by atoms with Crippen LogP contribution in [-0.4, -0.2) is 10.1 Å². The molecule has 2 aromatic rings. The van der Waals surface area contributed by atoms with E-state index in [1.165, 1.54) is 11.3 Å². The van der Waals surface area contributed by atoms with Crippen LogP contribution in [0.3, 0.4) is 0 Å². The second-order valence-corrected chi connectivity index (χ2v) is 6.19. The van der Waals surface area contributed by atoms with Gasteiger partial charge in [-0.1, -0.05) is 16.8 Å². The first-order valence-electron chi connectivity index (χ1n) is 5.72. The molecule has 0 unspecified atom stereocenters. The molecule has 0 amide bonds. The molecule has 0 spiro atoms. The largest absolute Gasteiger partial charge is 0.335 e. The molecule has 0 radical (unpaired) electrons. The molecule has 1 aliphatic rings. The van der Waals surface area contributed by atoms with Gasteiger partial charge in [0.05, 0.1) is 9.88 Å². The standard InChI is InChI=1S/C12H12ClN3OS/c13-9-4-2-8(18-9)3-5-10-15-11(16-17-10)12(14)6-1-7-12/h2-5H,1,6-7,14H2/b5-3+. The molecular weight excluding hydrogens is 270 g/mol. The van der Waals surface area contributed by atoms with Gasteiger partial charge >= 0.3 is 0 Å². The first-order valence-corrected chi connectivity index (χ1v) is 6.92. The lowest BCUT2D eigenvalue weighted by Gasteiger charge is -2.34. The van der Waals surface area contributed by atoms with Crippen LogP contribution in [0.25, 0.3) is 12.2 Å². The molecule has 2 N–H and O–H groups in total. The van der Waals surface area contributed by atoms with Crippen molar-refractivity contribution in [2.75, 3.05) is 0 Å². The predicted octanol–water partition coefficient (Wildman–Crippen LogP) is 3.29. The number of halogens is 1. The highest BCUT2D eigenvalue weighted by Gasteiger charge is 2.38. The number of hydrogen-bond donors (Lipinski definition) is 1. The van der Waals surface area contributed by atoms with Gasteiger partial charge < -0.3 is 10.3 Å². The van der Waals surface area contributed by atoms with Gasteiger partial charge in [0.2, 0.25) is 0 Å². The van der Waals surface area contributed by atoms with Crippen molar-refractivity contribution in [3.05, 3.63) is 33.1 Å².